The first-order valence-corrected chi connectivity index (χ1v) is 8.36. The zero-order valence-electron chi connectivity index (χ0n) is 14.3. The van der Waals surface area contributed by atoms with Crippen LogP contribution in [0.5, 0.6) is 0 Å². The van der Waals surface area contributed by atoms with Crippen molar-refractivity contribution in [3.8, 4) is 6.07 Å². The Morgan fingerprint density at radius 2 is 2.08 bits per heavy atom. The quantitative estimate of drug-likeness (QED) is 0.859. The number of benzene rings is 2. The lowest BCUT2D eigenvalue weighted by Crippen LogP contribution is -2.36. The van der Waals surface area contributed by atoms with Crippen LogP contribution in [-0.4, -0.2) is 37.2 Å². The highest BCUT2D eigenvalue weighted by atomic mass is 16.6. The van der Waals surface area contributed by atoms with E-state index < -0.39 is 0 Å². The molecule has 128 valence electrons. The van der Waals surface area contributed by atoms with E-state index in [-0.39, 0.29) is 12.1 Å². The number of amides is 1. The maximum Gasteiger partial charge on any atom is 0.410 e. The monoisotopic (exact) mass is 335 g/mol. The number of anilines is 1. The second-order valence-corrected chi connectivity index (χ2v) is 6.20. The van der Waals surface area contributed by atoms with Gasteiger partial charge in [-0.25, -0.2) is 4.79 Å². The summed E-state index contributed by atoms with van der Waals surface area (Å²) in [5, 5.41) is 9.04. The minimum Gasteiger partial charge on any atom is -0.445 e. The standard InChI is InChI=1S/C20H21N3O2/c1-22(18-9-5-8-17(12-18)13-21)19-10-11-23(14-19)20(24)25-15-16-6-3-2-4-7-16/h2-9,12,19H,10-11,14-15H2,1H3. The fraction of sp³-hybridized carbons (Fsp3) is 0.300. The average Bonchev–Trinajstić information content (AvgIpc) is 3.16. The molecule has 1 atom stereocenters. The molecule has 0 aromatic heterocycles. The van der Waals surface area contributed by atoms with Gasteiger partial charge in [0.2, 0.25) is 0 Å². The number of ether oxygens (including phenoxy) is 1. The van der Waals surface area contributed by atoms with Crippen LogP contribution < -0.4 is 4.90 Å². The summed E-state index contributed by atoms with van der Waals surface area (Å²) in [6.07, 6.45) is 0.610. The molecular weight excluding hydrogens is 314 g/mol. The third-order valence-electron chi connectivity index (χ3n) is 4.56. The molecule has 1 heterocycles. The van der Waals surface area contributed by atoms with Crippen LogP contribution in [0.25, 0.3) is 0 Å². The number of carbonyl (C=O) groups excluding carboxylic acids is 1. The fourth-order valence-corrected chi connectivity index (χ4v) is 3.04. The van der Waals surface area contributed by atoms with Crippen molar-refractivity contribution in [2.24, 2.45) is 0 Å². The summed E-state index contributed by atoms with van der Waals surface area (Å²) < 4.78 is 5.41. The van der Waals surface area contributed by atoms with Crippen molar-refractivity contribution < 1.29 is 9.53 Å². The predicted octanol–water partition coefficient (Wildman–Crippen LogP) is 3.41. The molecule has 1 amide bonds. The SMILES string of the molecule is CN(c1cccc(C#N)c1)C1CCN(C(=O)OCc2ccccc2)C1. The lowest BCUT2D eigenvalue weighted by Gasteiger charge is -2.27. The normalized spacial score (nSPS) is 16.3. The minimum absolute atomic E-state index is 0.221. The van der Waals surface area contributed by atoms with Gasteiger partial charge in [-0.1, -0.05) is 36.4 Å². The Bertz CT molecular complexity index is 770. The summed E-state index contributed by atoms with van der Waals surface area (Å²) in [6.45, 7) is 1.60. The third-order valence-corrected chi connectivity index (χ3v) is 4.56. The van der Waals surface area contributed by atoms with E-state index in [1.807, 2.05) is 55.6 Å². The molecule has 0 saturated carbocycles. The molecule has 3 rings (SSSR count). The maximum atomic E-state index is 12.3. The van der Waals surface area contributed by atoms with Gasteiger partial charge in [-0.2, -0.15) is 5.26 Å². The first kappa shape index (κ1) is 16.8. The number of likely N-dealkylation sites (N-methyl/N-ethyl adjacent to an activating group) is 1. The second-order valence-electron chi connectivity index (χ2n) is 6.20. The highest BCUT2D eigenvalue weighted by Gasteiger charge is 2.30. The highest BCUT2D eigenvalue weighted by molar-refractivity contribution is 5.68. The number of rotatable bonds is 4. The van der Waals surface area contributed by atoms with Gasteiger partial charge in [0.25, 0.3) is 0 Å². The van der Waals surface area contributed by atoms with Crippen LogP contribution in [0.1, 0.15) is 17.5 Å². The van der Waals surface area contributed by atoms with Crippen molar-refractivity contribution in [3.05, 3.63) is 65.7 Å². The van der Waals surface area contributed by atoms with Crippen molar-refractivity contribution >= 4 is 11.8 Å². The largest absolute Gasteiger partial charge is 0.445 e. The van der Waals surface area contributed by atoms with Gasteiger partial charge in [0.1, 0.15) is 6.61 Å². The molecule has 0 spiro atoms. The molecule has 25 heavy (non-hydrogen) atoms. The topological polar surface area (TPSA) is 56.6 Å². The van der Waals surface area contributed by atoms with Gasteiger partial charge in [-0.15, -0.1) is 0 Å². The van der Waals surface area contributed by atoms with Gasteiger partial charge in [0.15, 0.2) is 0 Å². The number of hydrogen-bond donors (Lipinski definition) is 0. The summed E-state index contributed by atoms with van der Waals surface area (Å²) in [6, 6.07) is 19.6. The molecule has 0 aliphatic carbocycles. The van der Waals surface area contributed by atoms with Crippen molar-refractivity contribution in [3.63, 3.8) is 0 Å². The van der Waals surface area contributed by atoms with Gasteiger partial charge in [-0.3, -0.25) is 0 Å². The Balaban J connectivity index is 1.55. The molecule has 2 aromatic carbocycles. The zero-order chi connectivity index (χ0) is 17.6. The number of hydrogen-bond acceptors (Lipinski definition) is 4. The van der Waals surface area contributed by atoms with E-state index in [0.29, 0.717) is 25.3 Å². The Hall–Kier alpha value is -3.00. The van der Waals surface area contributed by atoms with Crippen molar-refractivity contribution in [1.29, 1.82) is 5.26 Å². The van der Waals surface area contributed by atoms with Crippen molar-refractivity contribution in [1.82, 2.24) is 4.90 Å². The van der Waals surface area contributed by atoms with Crippen LogP contribution in [0.2, 0.25) is 0 Å². The number of likely N-dealkylation sites (tertiary alicyclic amines) is 1. The molecule has 1 fully saturated rings. The summed E-state index contributed by atoms with van der Waals surface area (Å²) in [5.41, 5.74) is 2.61. The van der Waals surface area contributed by atoms with E-state index in [9.17, 15) is 4.79 Å². The molecule has 2 aromatic rings. The second kappa shape index (κ2) is 7.71. The van der Waals surface area contributed by atoms with E-state index in [1.54, 1.807) is 11.0 Å². The molecule has 5 heteroatoms. The molecular formula is C20H21N3O2. The fourth-order valence-electron chi connectivity index (χ4n) is 3.04. The van der Waals surface area contributed by atoms with Crippen molar-refractivity contribution in [2.45, 2.75) is 19.1 Å². The molecule has 0 bridgehead atoms. The molecule has 1 unspecified atom stereocenters. The van der Waals surface area contributed by atoms with Crippen LogP contribution in [0, 0.1) is 11.3 Å². The van der Waals surface area contributed by atoms with Gasteiger partial charge in [0.05, 0.1) is 11.6 Å². The summed E-state index contributed by atoms with van der Waals surface area (Å²) >= 11 is 0. The van der Waals surface area contributed by atoms with E-state index in [4.69, 9.17) is 10.00 Å². The first-order valence-electron chi connectivity index (χ1n) is 8.36. The maximum absolute atomic E-state index is 12.3. The lowest BCUT2D eigenvalue weighted by molar-refractivity contribution is 0.104. The third kappa shape index (κ3) is 4.10. The van der Waals surface area contributed by atoms with Gasteiger partial charge in [0, 0.05) is 31.9 Å². The molecule has 5 nitrogen and oxygen atoms in total. The smallest absolute Gasteiger partial charge is 0.410 e. The molecule has 1 saturated heterocycles. The number of nitriles is 1. The zero-order valence-corrected chi connectivity index (χ0v) is 14.3. The van der Waals surface area contributed by atoms with Crippen LogP contribution in [0.4, 0.5) is 10.5 Å². The summed E-state index contributed by atoms with van der Waals surface area (Å²) in [4.78, 5) is 16.1. The van der Waals surface area contributed by atoms with Gasteiger partial charge < -0.3 is 14.5 Å². The Kier molecular flexibility index (Phi) is 5.20. The molecule has 0 N–H and O–H groups in total. The molecule has 1 aliphatic rings. The predicted molar refractivity (Wildman–Crippen MR) is 96.2 cm³/mol. The van der Waals surface area contributed by atoms with E-state index >= 15 is 0 Å². The summed E-state index contributed by atoms with van der Waals surface area (Å²) in [5.74, 6) is 0. The van der Waals surface area contributed by atoms with Crippen LogP contribution in [0.3, 0.4) is 0 Å². The molecule has 1 aliphatic heterocycles. The highest BCUT2D eigenvalue weighted by Crippen LogP contribution is 2.23. The Labute approximate surface area is 148 Å². The molecule has 0 radical (unpaired) electrons. The minimum atomic E-state index is -0.273. The average molecular weight is 335 g/mol. The van der Waals surface area contributed by atoms with Gasteiger partial charge in [-0.05, 0) is 30.2 Å². The summed E-state index contributed by atoms with van der Waals surface area (Å²) in [7, 11) is 2.00. The van der Waals surface area contributed by atoms with E-state index in [2.05, 4.69) is 11.0 Å². The number of carbonyl (C=O) groups is 1. The van der Waals surface area contributed by atoms with E-state index in [0.717, 1.165) is 17.7 Å². The van der Waals surface area contributed by atoms with Crippen molar-refractivity contribution in [2.75, 3.05) is 25.0 Å². The van der Waals surface area contributed by atoms with Crippen LogP contribution >= 0.6 is 0 Å². The van der Waals surface area contributed by atoms with Crippen LogP contribution in [-0.2, 0) is 11.3 Å². The Morgan fingerprint density at radius 1 is 1.28 bits per heavy atom. The lowest BCUT2D eigenvalue weighted by atomic mass is 10.1. The first-order chi connectivity index (χ1) is 12.2. The Morgan fingerprint density at radius 3 is 2.84 bits per heavy atom. The van der Waals surface area contributed by atoms with E-state index in [1.165, 1.54) is 0 Å². The van der Waals surface area contributed by atoms with Gasteiger partial charge >= 0.3 is 6.09 Å². The van der Waals surface area contributed by atoms with Crippen LogP contribution in [0.15, 0.2) is 54.6 Å². The number of nitrogens with zero attached hydrogens (tertiary/aromatic N) is 3.